The van der Waals surface area contributed by atoms with Gasteiger partial charge in [0.1, 0.15) is 0 Å². The van der Waals surface area contributed by atoms with Crippen LogP contribution in [0.1, 0.15) is 12.8 Å². The van der Waals surface area contributed by atoms with Crippen LogP contribution in [0, 0.1) is 5.92 Å². The molecule has 0 spiro atoms. The van der Waals surface area contributed by atoms with E-state index in [4.69, 9.17) is 10.5 Å². The number of halogens is 1. The minimum Gasteiger partial charge on any atom is -0.381 e. The molecule has 76 valence electrons. The lowest BCUT2D eigenvalue weighted by molar-refractivity contribution is 0.177. The van der Waals surface area contributed by atoms with Crippen LogP contribution in [0.4, 0.5) is 0 Å². The second-order valence-corrected chi connectivity index (χ2v) is 3.43. The molecule has 1 fully saturated rings. The van der Waals surface area contributed by atoms with Crippen molar-refractivity contribution in [2.24, 2.45) is 16.6 Å². The van der Waals surface area contributed by atoms with Crippen LogP contribution in [0.15, 0.2) is 4.99 Å². The summed E-state index contributed by atoms with van der Waals surface area (Å²) in [6, 6.07) is 0.491. The summed E-state index contributed by atoms with van der Waals surface area (Å²) >= 11 is 0. The van der Waals surface area contributed by atoms with E-state index < -0.39 is 0 Å². The number of nitrogens with two attached hydrogens (primary N) is 1. The van der Waals surface area contributed by atoms with Crippen LogP contribution in [0.5, 0.6) is 0 Å². The Morgan fingerprint density at radius 2 is 2.31 bits per heavy atom. The average Bonchev–Trinajstić information content (AvgIpc) is 2.56. The van der Waals surface area contributed by atoms with Crippen LogP contribution < -0.4 is 11.1 Å². The predicted octanol–water partition coefficient (Wildman–Crippen LogP) is 0.121. The minimum absolute atomic E-state index is 0. The zero-order valence-corrected chi connectivity index (χ0v) is 8.35. The maximum absolute atomic E-state index is 5.59. The number of ether oxygens (including phenoxy) is 1. The number of nitrogens with one attached hydrogen (secondary N) is 1. The van der Waals surface area contributed by atoms with Gasteiger partial charge < -0.3 is 15.8 Å². The molecule has 0 aliphatic carbocycles. The highest BCUT2D eigenvalue weighted by Gasteiger charge is 2.27. The summed E-state index contributed by atoms with van der Waals surface area (Å²) < 4.78 is 5.32. The van der Waals surface area contributed by atoms with Gasteiger partial charge in [-0.25, -0.2) is 0 Å². The van der Waals surface area contributed by atoms with Crippen molar-refractivity contribution >= 4 is 18.4 Å². The normalized spacial score (nSPS) is 33.1. The molecule has 0 radical (unpaired) electrons. The Hall–Kier alpha value is -0.480. The minimum atomic E-state index is 0. The van der Waals surface area contributed by atoms with Crippen molar-refractivity contribution in [1.82, 2.24) is 5.32 Å². The van der Waals surface area contributed by atoms with Gasteiger partial charge in [-0.1, -0.05) is 0 Å². The average molecular weight is 206 g/mol. The summed E-state index contributed by atoms with van der Waals surface area (Å²) in [6.07, 6.45) is 2.25. The molecule has 2 heterocycles. The van der Waals surface area contributed by atoms with E-state index in [1.54, 1.807) is 0 Å². The summed E-state index contributed by atoms with van der Waals surface area (Å²) in [5.41, 5.74) is 5.59. The molecule has 4 nitrogen and oxygen atoms in total. The van der Waals surface area contributed by atoms with Crippen LogP contribution in [0.3, 0.4) is 0 Å². The van der Waals surface area contributed by atoms with E-state index in [9.17, 15) is 0 Å². The van der Waals surface area contributed by atoms with Crippen LogP contribution in [-0.4, -0.2) is 31.8 Å². The fourth-order valence-corrected chi connectivity index (χ4v) is 1.86. The van der Waals surface area contributed by atoms with E-state index in [0.717, 1.165) is 32.6 Å². The zero-order valence-electron chi connectivity index (χ0n) is 7.53. The quantitative estimate of drug-likeness (QED) is 0.640. The van der Waals surface area contributed by atoms with E-state index in [0.29, 0.717) is 17.9 Å². The molecular weight excluding hydrogens is 190 g/mol. The number of nitrogens with zero attached hydrogens (tertiary/aromatic N) is 1. The lowest BCUT2D eigenvalue weighted by Gasteiger charge is -2.26. The van der Waals surface area contributed by atoms with Crippen molar-refractivity contribution in [1.29, 1.82) is 0 Å². The Kier molecular flexibility index (Phi) is 3.81. The van der Waals surface area contributed by atoms with Gasteiger partial charge in [-0.3, -0.25) is 4.99 Å². The first-order valence-corrected chi connectivity index (χ1v) is 4.50. The van der Waals surface area contributed by atoms with Crippen molar-refractivity contribution < 1.29 is 4.74 Å². The van der Waals surface area contributed by atoms with Gasteiger partial charge in [-0.15, -0.1) is 12.4 Å². The Morgan fingerprint density at radius 1 is 1.46 bits per heavy atom. The van der Waals surface area contributed by atoms with Gasteiger partial charge in [0.2, 0.25) is 0 Å². The van der Waals surface area contributed by atoms with E-state index in [2.05, 4.69) is 10.3 Å². The van der Waals surface area contributed by atoms with Gasteiger partial charge in [0.05, 0.1) is 6.61 Å². The smallest absolute Gasteiger partial charge is 0.188 e. The summed E-state index contributed by atoms with van der Waals surface area (Å²) in [7, 11) is 0. The number of guanidine groups is 1. The highest BCUT2D eigenvalue weighted by atomic mass is 35.5. The first kappa shape index (κ1) is 10.6. The molecule has 1 saturated heterocycles. The highest BCUT2D eigenvalue weighted by Crippen LogP contribution is 2.19. The van der Waals surface area contributed by atoms with E-state index >= 15 is 0 Å². The molecule has 13 heavy (non-hydrogen) atoms. The SMILES string of the molecule is Cl.NC1=NCCC(C2CCOC2)N1. The monoisotopic (exact) mass is 205 g/mol. The molecular formula is C8H16ClN3O. The second-order valence-electron chi connectivity index (χ2n) is 3.43. The Morgan fingerprint density at radius 3 is 2.92 bits per heavy atom. The van der Waals surface area contributed by atoms with E-state index in [-0.39, 0.29) is 12.4 Å². The summed E-state index contributed by atoms with van der Waals surface area (Å²) in [4.78, 5) is 4.09. The highest BCUT2D eigenvalue weighted by molar-refractivity contribution is 5.85. The van der Waals surface area contributed by atoms with E-state index in [1.165, 1.54) is 0 Å². The number of hydrogen-bond donors (Lipinski definition) is 2. The third-order valence-electron chi connectivity index (χ3n) is 2.59. The first-order chi connectivity index (χ1) is 5.86. The van der Waals surface area contributed by atoms with Crippen molar-refractivity contribution in [2.75, 3.05) is 19.8 Å². The van der Waals surface area contributed by atoms with Gasteiger partial charge in [-0.05, 0) is 12.8 Å². The van der Waals surface area contributed by atoms with Crippen LogP contribution in [0.25, 0.3) is 0 Å². The van der Waals surface area contributed by atoms with Crippen LogP contribution in [-0.2, 0) is 4.74 Å². The van der Waals surface area contributed by atoms with Gasteiger partial charge >= 0.3 is 0 Å². The van der Waals surface area contributed by atoms with Gasteiger partial charge in [0, 0.05) is 25.1 Å². The molecule has 0 aromatic heterocycles. The standard InChI is InChI=1S/C8H15N3O.ClH/c9-8-10-3-1-7(11-8)6-2-4-12-5-6;/h6-7H,1-5H2,(H3,9,10,11);1H. The largest absolute Gasteiger partial charge is 0.381 e. The third kappa shape index (κ3) is 2.48. The van der Waals surface area contributed by atoms with Gasteiger partial charge in [0.25, 0.3) is 0 Å². The fourth-order valence-electron chi connectivity index (χ4n) is 1.86. The fraction of sp³-hybridized carbons (Fsp3) is 0.875. The molecule has 0 aromatic rings. The third-order valence-corrected chi connectivity index (χ3v) is 2.59. The second kappa shape index (κ2) is 4.67. The number of hydrogen-bond acceptors (Lipinski definition) is 4. The van der Waals surface area contributed by atoms with Crippen LogP contribution >= 0.6 is 12.4 Å². The number of aliphatic imine (C=N–C) groups is 1. The Bertz CT molecular complexity index is 192. The topological polar surface area (TPSA) is 59.6 Å². The maximum Gasteiger partial charge on any atom is 0.188 e. The predicted molar refractivity (Wildman–Crippen MR) is 54.2 cm³/mol. The van der Waals surface area contributed by atoms with Gasteiger partial charge in [-0.2, -0.15) is 0 Å². The van der Waals surface area contributed by atoms with Gasteiger partial charge in [0.15, 0.2) is 5.96 Å². The molecule has 3 N–H and O–H groups in total. The molecule has 2 unspecified atom stereocenters. The lowest BCUT2D eigenvalue weighted by Crippen LogP contribution is -2.47. The summed E-state index contributed by atoms with van der Waals surface area (Å²) in [5, 5.41) is 3.21. The summed E-state index contributed by atoms with van der Waals surface area (Å²) in [5.74, 6) is 1.23. The van der Waals surface area contributed by atoms with Crippen molar-refractivity contribution in [3.05, 3.63) is 0 Å². The van der Waals surface area contributed by atoms with Crippen molar-refractivity contribution in [3.63, 3.8) is 0 Å². The summed E-state index contributed by atoms with van der Waals surface area (Å²) in [6.45, 7) is 2.64. The van der Waals surface area contributed by atoms with E-state index in [1.807, 2.05) is 0 Å². The Balaban J connectivity index is 0.000000845. The molecule has 0 aromatic carbocycles. The van der Waals surface area contributed by atoms with Crippen molar-refractivity contribution in [3.8, 4) is 0 Å². The molecule has 0 amide bonds. The molecule has 2 atom stereocenters. The zero-order chi connectivity index (χ0) is 8.39. The Labute approximate surface area is 84.3 Å². The molecule has 5 heteroatoms. The first-order valence-electron chi connectivity index (χ1n) is 4.50. The van der Waals surface area contributed by atoms with Crippen molar-refractivity contribution in [2.45, 2.75) is 18.9 Å². The van der Waals surface area contributed by atoms with Crippen LogP contribution in [0.2, 0.25) is 0 Å². The molecule has 2 aliphatic rings. The molecule has 0 saturated carbocycles. The molecule has 0 bridgehead atoms. The number of rotatable bonds is 1. The molecule has 2 aliphatic heterocycles. The molecule has 2 rings (SSSR count). The maximum atomic E-state index is 5.59. The lowest BCUT2D eigenvalue weighted by atomic mass is 9.96.